The summed E-state index contributed by atoms with van der Waals surface area (Å²) >= 11 is 1.49. The molecule has 16 heavy (non-hydrogen) atoms. The van der Waals surface area contributed by atoms with Gasteiger partial charge in [0.2, 0.25) is 0 Å². The fraction of sp³-hybridized carbons (Fsp3) is 0.231. The molecule has 0 saturated carbocycles. The smallest absolute Gasteiger partial charge is 0.123 e. The molecule has 0 saturated heterocycles. The third-order valence-electron chi connectivity index (χ3n) is 2.69. The Hall–Kier alpha value is -1.19. The van der Waals surface area contributed by atoms with Crippen LogP contribution in [0.5, 0.6) is 0 Å². The Morgan fingerprint density at radius 1 is 1.19 bits per heavy atom. The lowest BCUT2D eigenvalue weighted by Crippen LogP contribution is -2.02. The Balaban J connectivity index is 2.45. The highest BCUT2D eigenvalue weighted by Gasteiger charge is 2.16. The average molecular weight is 236 g/mol. The van der Waals surface area contributed by atoms with Crippen molar-refractivity contribution in [3.8, 4) is 0 Å². The minimum Gasteiger partial charge on any atom is -0.383 e. The average Bonchev–Trinajstić information content (AvgIpc) is 2.67. The summed E-state index contributed by atoms with van der Waals surface area (Å²) in [5.74, 6) is -0.311. The monoisotopic (exact) mass is 236 g/mol. The maximum Gasteiger partial charge on any atom is 0.123 e. The zero-order valence-corrected chi connectivity index (χ0v) is 10.0. The van der Waals surface area contributed by atoms with Crippen LogP contribution in [0.3, 0.4) is 0 Å². The summed E-state index contributed by atoms with van der Waals surface area (Å²) in [7, 11) is 0. The Bertz CT molecular complexity index is 504. The van der Waals surface area contributed by atoms with Gasteiger partial charge in [0.25, 0.3) is 0 Å². The van der Waals surface area contributed by atoms with E-state index in [2.05, 4.69) is 0 Å². The van der Waals surface area contributed by atoms with Gasteiger partial charge in [-0.25, -0.2) is 4.39 Å². The van der Waals surface area contributed by atoms with Crippen LogP contribution in [-0.2, 0) is 0 Å². The van der Waals surface area contributed by atoms with Crippen LogP contribution in [0.15, 0.2) is 29.6 Å². The fourth-order valence-corrected chi connectivity index (χ4v) is 2.64. The second-order valence-electron chi connectivity index (χ2n) is 3.87. The molecule has 1 aromatic carbocycles. The summed E-state index contributed by atoms with van der Waals surface area (Å²) in [6.45, 7) is 3.82. The Kier molecular flexibility index (Phi) is 3.08. The Morgan fingerprint density at radius 3 is 2.56 bits per heavy atom. The summed E-state index contributed by atoms with van der Waals surface area (Å²) in [5, 5.41) is 12.1. The van der Waals surface area contributed by atoms with Gasteiger partial charge in [-0.3, -0.25) is 0 Å². The van der Waals surface area contributed by atoms with E-state index in [-0.39, 0.29) is 5.82 Å². The molecule has 0 spiro atoms. The van der Waals surface area contributed by atoms with Crippen LogP contribution in [0, 0.1) is 19.7 Å². The number of aryl methyl sites for hydroxylation is 2. The molecule has 1 aromatic heterocycles. The Morgan fingerprint density at radius 2 is 1.94 bits per heavy atom. The second-order valence-corrected chi connectivity index (χ2v) is 4.82. The summed E-state index contributed by atoms with van der Waals surface area (Å²) in [5.41, 5.74) is 2.59. The zero-order valence-electron chi connectivity index (χ0n) is 9.20. The maximum absolute atomic E-state index is 13.1. The van der Waals surface area contributed by atoms with Crippen molar-refractivity contribution in [3.05, 3.63) is 57.0 Å². The molecule has 0 amide bonds. The van der Waals surface area contributed by atoms with Crippen molar-refractivity contribution in [3.63, 3.8) is 0 Å². The number of aliphatic hydroxyl groups excluding tert-OH is 1. The quantitative estimate of drug-likeness (QED) is 0.845. The lowest BCUT2D eigenvalue weighted by molar-refractivity contribution is 0.222. The van der Waals surface area contributed by atoms with Crippen molar-refractivity contribution in [2.45, 2.75) is 20.0 Å². The molecular formula is C13H13FOS. The van der Waals surface area contributed by atoms with E-state index in [1.807, 2.05) is 25.3 Å². The van der Waals surface area contributed by atoms with E-state index >= 15 is 0 Å². The van der Waals surface area contributed by atoms with Crippen molar-refractivity contribution in [2.75, 3.05) is 0 Å². The predicted molar refractivity (Wildman–Crippen MR) is 64.3 cm³/mol. The largest absolute Gasteiger partial charge is 0.383 e. The van der Waals surface area contributed by atoms with Gasteiger partial charge in [-0.2, -0.15) is 0 Å². The lowest BCUT2D eigenvalue weighted by atomic mass is 10.0. The molecular weight excluding hydrogens is 223 g/mol. The summed E-state index contributed by atoms with van der Waals surface area (Å²) < 4.78 is 13.1. The molecule has 0 fully saturated rings. The number of hydrogen-bond donors (Lipinski definition) is 1. The third-order valence-corrected chi connectivity index (χ3v) is 3.76. The van der Waals surface area contributed by atoms with Crippen molar-refractivity contribution in [1.29, 1.82) is 0 Å². The van der Waals surface area contributed by atoms with Crippen LogP contribution in [-0.4, -0.2) is 5.11 Å². The molecule has 84 valence electrons. The molecule has 0 aliphatic rings. The molecule has 1 N–H and O–H groups in total. The first kappa shape index (κ1) is 11.3. The normalized spacial score (nSPS) is 12.8. The van der Waals surface area contributed by atoms with Gasteiger partial charge in [0.15, 0.2) is 0 Å². The lowest BCUT2D eigenvalue weighted by Gasteiger charge is -2.13. The van der Waals surface area contributed by atoms with Gasteiger partial charge in [-0.1, -0.05) is 6.07 Å². The molecule has 1 atom stereocenters. The van der Waals surface area contributed by atoms with Gasteiger partial charge in [-0.15, -0.1) is 11.3 Å². The highest BCUT2D eigenvalue weighted by Crippen LogP contribution is 2.31. The number of hydrogen-bond acceptors (Lipinski definition) is 2. The van der Waals surface area contributed by atoms with E-state index in [9.17, 15) is 9.50 Å². The van der Waals surface area contributed by atoms with Crippen LogP contribution in [0.2, 0.25) is 0 Å². The number of aliphatic hydroxyl groups is 1. The molecule has 1 nitrogen and oxygen atoms in total. The molecule has 1 heterocycles. The zero-order chi connectivity index (χ0) is 11.7. The second kappa shape index (κ2) is 4.36. The number of benzene rings is 1. The summed E-state index contributed by atoms with van der Waals surface area (Å²) in [6, 6.07) is 6.46. The molecule has 0 aliphatic heterocycles. The van der Waals surface area contributed by atoms with Gasteiger partial charge in [0.05, 0.1) is 0 Å². The van der Waals surface area contributed by atoms with Gasteiger partial charge in [0.1, 0.15) is 11.9 Å². The first-order chi connectivity index (χ1) is 7.59. The van der Waals surface area contributed by atoms with Crippen molar-refractivity contribution < 1.29 is 9.50 Å². The molecule has 0 aliphatic carbocycles. The van der Waals surface area contributed by atoms with Crippen molar-refractivity contribution in [2.24, 2.45) is 0 Å². The highest BCUT2D eigenvalue weighted by molar-refractivity contribution is 7.10. The first-order valence-electron chi connectivity index (χ1n) is 5.07. The van der Waals surface area contributed by atoms with Crippen LogP contribution >= 0.6 is 11.3 Å². The first-order valence-corrected chi connectivity index (χ1v) is 5.95. The van der Waals surface area contributed by atoms with Crippen molar-refractivity contribution in [1.82, 2.24) is 0 Å². The number of rotatable bonds is 2. The minimum atomic E-state index is -0.726. The van der Waals surface area contributed by atoms with Crippen LogP contribution in [0.1, 0.15) is 27.7 Å². The molecule has 0 radical (unpaired) electrons. The number of thiophene rings is 1. The molecule has 2 aromatic rings. The van der Waals surface area contributed by atoms with Crippen LogP contribution in [0.25, 0.3) is 0 Å². The third kappa shape index (κ3) is 2.01. The topological polar surface area (TPSA) is 20.2 Å². The van der Waals surface area contributed by atoms with Crippen molar-refractivity contribution >= 4 is 11.3 Å². The highest BCUT2D eigenvalue weighted by atomic mass is 32.1. The molecule has 0 bridgehead atoms. The Labute approximate surface area is 98.2 Å². The van der Waals surface area contributed by atoms with Crippen LogP contribution < -0.4 is 0 Å². The standard InChI is InChI=1S/C13H13FOS/c1-8-3-4-10(14)7-11(8)12(15)13-9(2)5-6-16-13/h3-7,12,15H,1-2H3. The minimum absolute atomic E-state index is 0.311. The molecule has 1 unspecified atom stereocenters. The molecule has 3 heteroatoms. The van der Waals surface area contributed by atoms with E-state index in [1.165, 1.54) is 23.5 Å². The molecule has 2 rings (SSSR count). The van der Waals surface area contributed by atoms with E-state index in [0.717, 1.165) is 16.0 Å². The van der Waals surface area contributed by atoms with Gasteiger partial charge < -0.3 is 5.11 Å². The SMILES string of the molecule is Cc1ccc(F)cc1C(O)c1sccc1C. The van der Waals surface area contributed by atoms with E-state index < -0.39 is 6.10 Å². The fourth-order valence-electron chi connectivity index (χ4n) is 1.71. The van der Waals surface area contributed by atoms with E-state index in [0.29, 0.717) is 5.56 Å². The van der Waals surface area contributed by atoms with E-state index in [4.69, 9.17) is 0 Å². The van der Waals surface area contributed by atoms with Gasteiger partial charge >= 0.3 is 0 Å². The van der Waals surface area contributed by atoms with E-state index in [1.54, 1.807) is 6.07 Å². The summed E-state index contributed by atoms with van der Waals surface area (Å²) in [4.78, 5) is 0.883. The van der Waals surface area contributed by atoms with Crippen LogP contribution in [0.4, 0.5) is 4.39 Å². The van der Waals surface area contributed by atoms with Gasteiger partial charge in [0, 0.05) is 4.88 Å². The summed E-state index contributed by atoms with van der Waals surface area (Å²) in [6.07, 6.45) is -0.726. The maximum atomic E-state index is 13.1. The number of halogens is 1. The van der Waals surface area contributed by atoms with Gasteiger partial charge in [-0.05, 0) is 54.1 Å². The predicted octanol–water partition coefficient (Wildman–Crippen LogP) is 3.59.